The van der Waals surface area contributed by atoms with Gasteiger partial charge in [-0.25, -0.2) is 4.39 Å². The molecule has 2 nitrogen and oxygen atoms in total. The van der Waals surface area contributed by atoms with Crippen molar-refractivity contribution in [3.8, 4) is 0 Å². The maximum absolute atomic E-state index is 12.8. The van der Waals surface area contributed by atoms with Crippen LogP contribution in [0.5, 0.6) is 0 Å². The summed E-state index contributed by atoms with van der Waals surface area (Å²) in [5.41, 5.74) is 6.60. The number of halogens is 1. The molecule has 1 aromatic rings. The van der Waals surface area contributed by atoms with Crippen LogP contribution >= 0.6 is 0 Å². The van der Waals surface area contributed by atoms with Crippen molar-refractivity contribution in [2.24, 2.45) is 11.1 Å². The van der Waals surface area contributed by atoms with E-state index >= 15 is 0 Å². The van der Waals surface area contributed by atoms with E-state index in [4.69, 9.17) is 5.73 Å². The maximum Gasteiger partial charge on any atom is 0.141 e. The Morgan fingerprint density at radius 1 is 1.38 bits per heavy atom. The topological polar surface area (TPSA) is 38.9 Å². The molecule has 0 saturated heterocycles. The molecule has 1 rings (SSSR count). The molecule has 2 N–H and O–H groups in total. The van der Waals surface area contributed by atoms with Gasteiger partial charge < -0.3 is 5.73 Å². The van der Waals surface area contributed by atoms with Crippen molar-refractivity contribution in [3.05, 3.63) is 29.8 Å². The zero-order chi connectivity index (χ0) is 10.1. The molecular formula is C10H15FN2. The minimum absolute atomic E-state index is 0.0739. The molecule has 0 bridgehead atoms. The van der Waals surface area contributed by atoms with Crippen molar-refractivity contribution in [2.75, 3.05) is 0 Å². The Hall–Kier alpha value is -0.960. The van der Waals surface area contributed by atoms with Gasteiger partial charge in [0.2, 0.25) is 0 Å². The predicted octanol–water partition coefficient (Wildman–Crippen LogP) is 2.27. The minimum atomic E-state index is -0.336. The summed E-state index contributed by atoms with van der Waals surface area (Å²) >= 11 is 0. The number of aromatic nitrogens is 1. The lowest BCUT2D eigenvalue weighted by atomic mass is 9.84. The third kappa shape index (κ3) is 2.49. The summed E-state index contributed by atoms with van der Waals surface area (Å²) in [7, 11) is 0. The van der Waals surface area contributed by atoms with E-state index in [1.54, 1.807) is 6.20 Å². The van der Waals surface area contributed by atoms with Gasteiger partial charge in [0.1, 0.15) is 5.82 Å². The van der Waals surface area contributed by atoms with Gasteiger partial charge in [-0.3, -0.25) is 4.98 Å². The molecule has 0 aliphatic carbocycles. The molecule has 72 valence electrons. The highest BCUT2D eigenvalue weighted by Crippen LogP contribution is 2.29. The van der Waals surface area contributed by atoms with Crippen LogP contribution in [0.15, 0.2) is 18.5 Å². The van der Waals surface area contributed by atoms with E-state index in [0.29, 0.717) is 0 Å². The van der Waals surface area contributed by atoms with E-state index in [1.807, 2.05) is 20.8 Å². The highest BCUT2D eigenvalue weighted by Gasteiger charge is 2.22. The fraction of sp³-hybridized carbons (Fsp3) is 0.500. The van der Waals surface area contributed by atoms with E-state index in [2.05, 4.69) is 4.98 Å². The largest absolute Gasteiger partial charge is 0.323 e. The highest BCUT2D eigenvalue weighted by atomic mass is 19.1. The quantitative estimate of drug-likeness (QED) is 0.723. The molecule has 1 aromatic heterocycles. The summed E-state index contributed by atoms with van der Waals surface area (Å²) < 4.78 is 12.8. The number of pyridine rings is 1. The Morgan fingerprint density at radius 2 is 2.00 bits per heavy atom. The van der Waals surface area contributed by atoms with Crippen LogP contribution in [0.25, 0.3) is 0 Å². The predicted molar refractivity (Wildman–Crippen MR) is 50.6 cm³/mol. The second-order valence-electron chi connectivity index (χ2n) is 4.28. The van der Waals surface area contributed by atoms with Crippen LogP contribution < -0.4 is 5.73 Å². The van der Waals surface area contributed by atoms with Crippen molar-refractivity contribution >= 4 is 0 Å². The number of rotatable bonds is 1. The third-order valence-electron chi connectivity index (χ3n) is 2.02. The Kier molecular flexibility index (Phi) is 2.66. The van der Waals surface area contributed by atoms with Crippen molar-refractivity contribution in [1.29, 1.82) is 0 Å². The Bertz CT molecular complexity index is 291. The molecule has 13 heavy (non-hydrogen) atoms. The van der Waals surface area contributed by atoms with Gasteiger partial charge in [-0.05, 0) is 17.0 Å². The lowest BCUT2D eigenvalue weighted by molar-refractivity contribution is 0.325. The molecule has 0 aromatic carbocycles. The van der Waals surface area contributed by atoms with Crippen molar-refractivity contribution in [2.45, 2.75) is 26.8 Å². The monoisotopic (exact) mass is 182 g/mol. The molecular weight excluding hydrogens is 167 g/mol. The maximum atomic E-state index is 12.8. The first-order valence-corrected chi connectivity index (χ1v) is 4.27. The molecule has 1 unspecified atom stereocenters. The fourth-order valence-electron chi connectivity index (χ4n) is 1.10. The number of hydrogen-bond acceptors (Lipinski definition) is 2. The van der Waals surface area contributed by atoms with Crippen molar-refractivity contribution < 1.29 is 4.39 Å². The van der Waals surface area contributed by atoms with E-state index in [-0.39, 0.29) is 17.3 Å². The number of hydrogen-bond donors (Lipinski definition) is 1. The minimum Gasteiger partial charge on any atom is -0.323 e. The Morgan fingerprint density at radius 3 is 2.46 bits per heavy atom. The summed E-state index contributed by atoms with van der Waals surface area (Å²) in [5, 5.41) is 0. The summed E-state index contributed by atoms with van der Waals surface area (Å²) in [4.78, 5) is 3.76. The standard InChI is InChI=1S/C10H15FN2/c1-10(2,3)9(12)7-4-8(11)6-13-5-7/h4-6,9H,12H2,1-3H3. The van der Waals surface area contributed by atoms with Gasteiger partial charge in [0, 0.05) is 12.2 Å². The van der Waals surface area contributed by atoms with Gasteiger partial charge in [-0.1, -0.05) is 20.8 Å². The molecule has 0 amide bonds. The molecule has 0 spiro atoms. The summed E-state index contributed by atoms with van der Waals surface area (Å²) in [6.07, 6.45) is 2.79. The van der Waals surface area contributed by atoms with E-state index in [9.17, 15) is 4.39 Å². The first-order chi connectivity index (χ1) is 5.91. The summed E-state index contributed by atoms with van der Waals surface area (Å²) in [6, 6.07) is 1.25. The highest BCUT2D eigenvalue weighted by molar-refractivity contribution is 5.16. The first kappa shape index (κ1) is 10.1. The van der Waals surface area contributed by atoms with E-state index in [1.165, 1.54) is 12.3 Å². The summed E-state index contributed by atoms with van der Waals surface area (Å²) in [6.45, 7) is 6.05. The zero-order valence-corrected chi connectivity index (χ0v) is 8.21. The van der Waals surface area contributed by atoms with Crippen LogP contribution in [0.3, 0.4) is 0 Å². The van der Waals surface area contributed by atoms with Crippen LogP contribution in [-0.4, -0.2) is 4.98 Å². The lowest BCUT2D eigenvalue weighted by Crippen LogP contribution is -2.26. The molecule has 1 heterocycles. The van der Waals surface area contributed by atoms with Gasteiger partial charge in [-0.2, -0.15) is 0 Å². The molecule has 1 atom stereocenters. The third-order valence-corrected chi connectivity index (χ3v) is 2.02. The average molecular weight is 182 g/mol. The van der Waals surface area contributed by atoms with Crippen LogP contribution in [-0.2, 0) is 0 Å². The van der Waals surface area contributed by atoms with Gasteiger partial charge in [-0.15, -0.1) is 0 Å². The van der Waals surface area contributed by atoms with Crippen LogP contribution in [0, 0.1) is 11.2 Å². The smallest absolute Gasteiger partial charge is 0.141 e. The molecule has 0 saturated carbocycles. The van der Waals surface area contributed by atoms with Gasteiger partial charge >= 0.3 is 0 Å². The van der Waals surface area contributed by atoms with Gasteiger partial charge in [0.25, 0.3) is 0 Å². The number of nitrogens with zero attached hydrogens (tertiary/aromatic N) is 1. The SMILES string of the molecule is CC(C)(C)C(N)c1cncc(F)c1. The average Bonchev–Trinajstić information content (AvgIpc) is 2.01. The van der Waals surface area contributed by atoms with Crippen molar-refractivity contribution in [3.63, 3.8) is 0 Å². The second-order valence-corrected chi connectivity index (χ2v) is 4.28. The van der Waals surface area contributed by atoms with Crippen LogP contribution in [0.4, 0.5) is 4.39 Å². The molecule has 0 aliphatic heterocycles. The first-order valence-electron chi connectivity index (χ1n) is 4.27. The second kappa shape index (κ2) is 3.42. The van der Waals surface area contributed by atoms with Gasteiger partial charge in [0.15, 0.2) is 0 Å². The molecule has 0 radical (unpaired) electrons. The van der Waals surface area contributed by atoms with Crippen LogP contribution in [0.1, 0.15) is 32.4 Å². The molecule has 0 aliphatic rings. The molecule has 0 fully saturated rings. The molecule has 3 heteroatoms. The zero-order valence-electron chi connectivity index (χ0n) is 8.21. The van der Waals surface area contributed by atoms with Crippen molar-refractivity contribution in [1.82, 2.24) is 4.98 Å². The fourth-order valence-corrected chi connectivity index (χ4v) is 1.10. The van der Waals surface area contributed by atoms with E-state index < -0.39 is 0 Å². The van der Waals surface area contributed by atoms with E-state index in [0.717, 1.165) is 5.56 Å². The summed E-state index contributed by atoms with van der Waals surface area (Å²) in [5.74, 6) is -0.336. The lowest BCUT2D eigenvalue weighted by Gasteiger charge is -2.26. The Labute approximate surface area is 78.0 Å². The number of nitrogens with two attached hydrogens (primary N) is 1. The van der Waals surface area contributed by atoms with Crippen LogP contribution in [0.2, 0.25) is 0 Å². The Balaban J connectivity index is 2.96. The normalized spacial score (nSPS) is 14.2. The van der Waals surface area contributed by atoms with Gasteiger partial charge in [0.05, 0.1) is 6.20 Å².